The molecule has 6 fully saturated rings. The van der Waals surface area contributed by atoms with E-state index < -0.39 is 50.0 Å². The van der Waals surface area contributed by atoms with E-state index in [0.717, 1.165) is 68.9 Å². The van der Waals surface area contributed by atoms with Crippen molar-refractivity contribution in [3.63, 3.8) is 0 Å². The maximum absolute atomic E-state index is 15.1. The monoisotopic (exact) mass is 632 g/mol. The molecule has 6 aliphatic rings. The molecule has 0 saturated heterocycles. The summed E-state index contributed by atoms with van der Waals surface area (Å²) in [6.07, 6.45) is 13.1. The van der Waals surface area contributed by atoms with Gasteiger partial charge in [-0.3, -0.25) is 4.55 Å². The summed E-state index contributed by atoms with van der Waals surface area (Å²) in [5.41, 5.74) is 3.15. The van der Waals surface area contributed by atoms with Gasteiger partial charge < -0.3 is 4.74 Å². The van der Waals surface area contributed by atoms with Gasteiger partial charge in [0.05, 0.1) is 5.56 Å². The number of fused-ring (bicyclic) bond motifs is 6. The molecule has 6 saturated carbocycles. The van der Waals surface area contributed by atoms with Crippen LogP contribution >= 0.6 is 0 Å². The average Bonchev–Trinajstić information content (AvgIpc) is 3.85. The lowest BCUT2D eigenvalue weighted by Gasteiger charge is -2.32. The third-order valence-corrected chi connectivity index (χ3v) is 13.4. The Labute approximate surface area is 254 Å². The standard InChI is InChI=1S/C34H36F4O5S/c35-28-30(37)33(44(40,41)42)31(38)29(36)32(28)43-34(39)27-25(23-11-16-2-5-19(23)8-16)13-21(22-10-15-1-4-18(22)7-15)14-26(27)24-12-17-3-6-20(24)9-17/h13-20,22-24H,1-12H2,(H,40,41,42). The van der Waals surface area contributed by atoms with Crippen molar-refractivity contribution in [3.8, 4) is 5.75 Å². The van der Waals surface area contributed by atoms with Gasteiger partial charge in [0, 0.05) is 0 Å². The van der Waals surface area contributed by atoms with Gasteiger partial charge in [-0.1, -0.05) is 31.4 Å². The largest absolute Gasteiger partial charge is 0.416 e. The number of halogens is 4. The predicted octanol–water partition coefficient (Wildman–Crippen LogP) is 8.42. The highest BCUT2D eigenvalue weighted by Crippen LogP contribution is 2.59. The van der Waals surface area contributed by atoms with Crippen LogP contribution in [0.2, 0.25) is 0 Å². The Bertz CT molecular complexity index is 1600. The van der Waals surface area contributed by atoms with E-state index in [0.29, 0.717) is 41.4 Å². The van der Waals surface area contributed by atoms with Crippen LogP contribution in [0.4, 0.5) is 17.6 Å². The summed E-state index contributed by atoms with van der Waals surface area (Å²) < 4.78 is 96.9. The molecule has 0 heterocycles. The van der Waals surface area contributed by atoms with Gasteiger partial charge in [-0.15, -0.1) is 0 Å². The highest BCUT2D eigenvalue weighted by atomic mass is 32.2. The van der Waals surface area contributed by atoms with Crippen LogP contribution in [0.1, 0.15) is 122 Å². The Hall–Kier alpha value is -2.46. The maximum atomic E-state index is 15.1. The molecule has 2 aromatic carbocycles. The van der Waals surface area contributed by atoms with Crippen LogP contribution in [0.3, 0.4) is 0 Å². The second kappa shape index (κ2) is 10.3. The molecule has 10 heteroatoms. The van der Waals surface area contributed by atoms with E-state index >= 15 is 8.78 Å². The number of hydrogen-bond donors (Lipinski definition) is 1. The highest BCUT2D eigenvalue weighted by molar-refractivity contribution is 7.85. The summed E-state index contributed by atoms with van der Waals surface area (Å²) in [5, 5.41) is 0. The number of ether oxygens (including phenoxy) is 1. The molecule has 236 valence electrons. The molecule has 1 N–H and O–H groups in total. The van der Waals surface area contributed by atoms with Crippen LogP contribution in [0.5, 0.6) is 5.75 Å². The fraction of sp³-hybridized carbons (Fsp3) is 0.618. The van der Waals surface area contributed by atoms with Gasteiger partial charge in [-0.25, -0.2) is 13.6 Å². The summed E-state index contributed by atoms with van der Waals surface area (Å²) in [6, 6.07) is 4.28. The van der Waals surface area contributed by atoms with Gasteiger partial charge in [0.1, 0.15) is 0 Å². The minimum Gasteiger partial charge on any atom is -0.416 e. The summed E-state index contributed by atoms with van der Waals surface area (Å²) in [7, 11) is -5.64. The zero-order valence-corrected chi connectivity index (χ0v) is 25.2. The minimum absolute atomic E-state index is 0.0808. The zero-order chi connectivity index (χ0) is 30.7. The van der Waals surface area contributed by atoms with Crippen LogP contribution in [0.15, 0.2) is 17.0 Å². The van der Waals surface area contributed by atoms with Crippen LogP contribution in [0, 0.1) is 58.8 Å². The third-order valence-electron chi connectivity index (χ3n) is 12.5. The van der Waals surface area contributed by atoms with Crippen molar-refractivity contribution in [1.29, 1.82) is 0 Å². The molecule has 0 aromatic heterocycles. The van der Waals surface area contributed by atoms with Crippen molar-refractivity contribution in [2.75, 3.05) is 0 Å². The van der Waals surface area contributed by atoms with E-state index in [2.05, 4.69) is 12.1 Å². The molecule has 2 aromatic rings. The molecular formula is C34H36F4O5S. The van der Waals surface area contributed by atoms with E-state index in [1.807, 2.05) is 0 Å². The molecule has 0 aliphatic heterocycles. The quantitative estimate of drug-likeness (QED) is 0.114. The zero-order valence-electron chi connectivity index (χ0n) is 24.3. The normalized spacial score (nSPS) is 35.2. The van der Waals surface area contributed by atoms with Crippen molar-refractivity contribution >= 4 is 16.1 Å². The van der Waals surface area contributed by atoms with E-state index in [1.165, 1.54) is 24.8 Å². The van der Waals surface area contributed by atoms with Gasteiger partial charge >= 0.3 is 16.1 Å². The maximum Gasteiger partial charge on any atom is 0.344 e. The molecule has 0 spiro atoms. The fourth-order valence-corrected chi connectivity index (χ4v) is 11.3. The van der Waals surface area contributed by atoms with Gasteiger partial charge in [0.25, 0.3) is 0 Å². The summed E-state index contributed by atoms with van der Waals surface area (Å²) in [4.78, 5) is 12.0. The Kier molecular flexibility index (Phi) is 6.77. The van der Waals surface area contributed by atoms with Gasteiger partial charge in [-0.2, -0.15) is 17.2 Å². The lowest BCUT2D eigenvalue weighted by Crippen LogP contribution is -2.24. The average molecular weight is 633 g/mol. The molecule has 44 heavy (non-hydrogen) atoms. The lowest BCUT2D eigenvalue weighted by molar-refractivity contribution is 0.0712. The molecule has 5 nitrogen and oxygen atoms in total. The van der Waals surface area contributed by atoms with Crippen molar-refractivity contribution in [3.05, 3.63) is 57.7 Å². The molecule has 6 aliphatic carbocycles. The first kappa shape index (κ1) is 29.0. The molecule has 9 atom stereocenters. The van der Waals surface area contributed by atoms with E-state index in [9.17, 15) is 26.5 Å². The van der Waals surface area contributed by atoms with Gasteiger partial charge in [-0.05, 0) is 128 Å². The minimum atomic E-state index is -5.64. The van der Waals surface area contributed by atoms with Crippen molar-refractivity contribution in [2.45, 2.75) is 99.7 Å². The first-order valence-electron chi connectivity index (χ1n) is 16.2. The van der Waals surface area contributed by atoms with Gasteiger partial charge in [0.2, 0.25) is 17.4 Å². The predicted molar refractivity (Wildman–Crippen MR) is 152 cm³/mol. The third kappa shape index (κ3) is 4.48. The topological polar surface area (TPSA) is 80.7 Å². The number of esters is 1. The van der Waals surface area contributed by atoms with Crippen LogP contribution in [-0.4, -0.2) is 18.9 Å². The van der Waals surface area contributed by atoms with Gasteiger partial charge in [0.15, 0.2) is 16.5 Å². The van der Waals surface area contributed by atoms with E-state index in [4.69, 9.17) is 4.74 Å². The Morgan fingerprint density at radius 2 is 1.09 bits per heavy atom. The summed E-state index contributed by atoms with van der Waals surface area (Å²) in [5.74, 6) is -8.05. The number of hydrogen-bond acceptors (Lipinski definition) is 4. The Balaban J connectivity index is 1.28. The lowest BCUT2D eigenvalue weighted by atomic mass is 9.72. The van der Waals surface area contributed by atoms with Crippen molar-refractivity contribution in [2.24, 2.45) is 35.5 Å². The van der Waals surface area contributed by atoms with Crippen molar-refractivity contribution in [1.82, 2.24) is 0 Å². The first-order chi connectivity index (χ1) is 21.0. The smallest absolute Gasteiger partial charge is 0.344 e. The van der Waals surface area contributed by atoms with E-state index in [1.54, 1.807) is 0 Å². The molecule has 0 radical (unpaired) electrons. The summed E-state index contributed by atoms with van der Waals surface area (Å²) in [6.45, 7) is 0. The SMILES string of the molecule is O=C(Oc1c(F)c(F)c(S(=O)(=O)O)c(F)c1F)c1c(C2CC3CCC2C3)cc(C2CC3CCC2C3)cc1C1CC2CCC1C2. The van der Waals surface area contributed by atoms with Crippen molar-refractivity contribution < 1.29 is 40.1 Å². The molecule has 8 rings (SSSR count). The second-order valence-electron chi connectivity index (χ2n) is 14.7. The number of carbonyl (C=O) groups excluding carboxylic acids is 1. The second-order valence-corrected chi connectivity index (χ2v) is 16.1. The molecule has 6 bridgehead atoms. The molecular weight excluding hydrogens is 596 g/mol. The highest BCUT2D eigenvalue weighted by Gasteiger charge is 2.47. The van der Waals surface area contributed by atoms with Crippen LogP contribution < -0.4 is 4.74 Å². The van der Waals surface area contributed by atoms with Crippen LogP contribution in [0.25, 0.3) is 0 Å². The number of benzene rings is 2. The molecule has 9 unspecified atom stereocenters. The number of carbonyl (C=O) groups is 1. The van der Waals surface area contributed by atoms with E-state index in [-0.39, 0.29) is 17.4 Å². The Morgan fingerprint density at radius 3 is 1.45 bits per heavy atom. The number of rotatable bonds is 6. The fourth-order valence-electron chi connectivity index (χ4n) is 10.7. The van der Waals surface area contributed by atoms with Crippen LogP contribution in [-0.2, 0) is 10.1 Å². The first-order valence-corrected chi connectivity index (χ1v) is 17.6. The molecule has 0 amide bonds. The summed E-state index contributed by atoms with van der Waals surface area (Å²) >= 11 is 0. The Morgan fingerprint density at radius 1 is 0.659 bits per heavy atom.